The molecule has 0 aliphatic carbocycles. The van der Waals surface area contributed by atoms with Crippen molar-refractivity contribution in [3.63, 3.8) is 0 Å². The summed E-state index contributed by atoms with van der Waals surface area (Å²) in [5.41, 5.74) is 3.07. The van der Waals surface area contributed by atoms with Gasteiger partial charge in [0.1, 0.15) is 22.9 Å². The maximum atomic E-state index is 15.0. The fourth-order valence-electron chi connectivity index (χ4n) is 5.96. The van der Waals surface area contributed by atoms with Gasteiger partial charge in [0.2, 0.25) is 0 Å². The molecule has 0 aromatic heterocycles. The van der Waals surface area contributed by atoms with Gasteiger partial charge in [0.25, 0.3) is 11.6 Å². The number of benzene rings is 4. The Kier molecular flexibility index (Phi) is 17.6. The number of carbonyl (C=O) groups excluding carboxylic acids is 3. The number of nitrogens with one attached hydrogen (secondary N) is 1. The van der Waals surface area contributed by atoms with Crippen LogP contribution < -0.4 is 15.1 Å². The molecule has 16 heteroatoms. The van der Waals surface area contributed by atoms with Crippen LogP contribution in [0.3, 0.4) is 0 Å². The van der Waals surface area contributed by atoms with Crippen LogP contribution in [0, 0.1) is 45.2 Å². The van der Waals surface area contributed by atoms with Crippen molar-refractivity contribution in [2.75, 3.05) is 29.3 Å². The molecular formula is C46H45F2N7O5S2. The molecule has 1 amide bonds. The monoisotopic (exact) mass is 877 g/mol. The Balaban J connectivity index is 0.000000278. The highest BCUT2D eigenvalue weighted by atomic mass is 32.1. The van der Waals surface area contributed by atoms with E-state index in [1.165, 1.54) is 57.2 Å². The molecule has 1 fully saturated rings. The SMILES string of the molecule is [C-]#[N+]C(C)(C)Nc1ccc(CCC(=O)OC)cc1.[C-]#[N+]c1ccc(N2C(=O)C(C)(C)N(c3ccc(CCC(=O)OC)cc3)C2=S)c(F)c1C.[C-]#[N+]c1ccc(N=C=S)c(F)c1C. The summed E-state index contributed by atoms with van der Waals surface area (Å²) in [6.07, 6.45) is 1.86. The zero-order valence-corrected chi connectivity index (χ0v) is 37.2. The van der Waals surface area contributed by atoms with Gasteiger partial charge in [0.05, 0.1) is 38.2 Å². The van der Waals surface area contributed by atoms with Crippen molar-refractivity contribution < 1.29 is 32.6 Å². The highest BCUT2D eigenvalue weighted by molar-refractivity contribution is 7.81. The van der Waals surface area contributed by atoms with Gasteiger partial charge in [0, 0.05) is 38.1 Å². The number of hydrogen-bond donors (Lipinski definition) is 1. The van der Waals surface area contributed by atoms with Gasteiger partial charge in [0.15, 0.2) is 16.5 Å². The smallest absolute Gasteiger partial charge is 0.305 e. The average molecular weight is 878 g/mol. The van der Waals surface area contributed by atoms with Crippen molar-refractivity contribution in [1.82, 2.24) is 0 Å². The zero-order valence-electron chi connectivity index (χ0n) is 35.6. The fraction of sp³-hybridized carbons (Fsp3) is 0.304. The third-order valence-electron chi connectivity index (χ3n) is 9.56. The fourth-order valence-corrected chi connectivity index (χ4v) is 6.57. The van der Waals surface area contributed by atoms with E-state index in [0.29, 0.717) is 36.2 Å². The first kappa shape index (κ1) is 49.5. The number of esters is 2. The largest absolute Gasteiger partial charge is 0.469 e. The molecule has 0 bridgehead atoms. The predicted molar refractivity (Wildman–Crippen MR) is 244 cm³/mol. The first-order valence-corrected chi connectivity index (χ1v) is 19.7. The molecule has 320 valence electrons. The lowest BCUT2D eigenvalue weighted by Gasteiger charge is -2.29. The van der Waals surface area contributed by atoms with Gasteiger partial charge in [-0.3, -0.25) is 24.1 Å². The van der Waals surface area contributed by atoms with E-state index in [9.17, 15) is 18.8 Å². The molecule has 4 aromatic rings. The summed E-state index contributed by atoms with van der Waals surface area (Å²) in [7, 11) is 2.74. The van der Waals surface area contributed by atoms with Crippen LogP contribution in [0.15, 0.2) is 77.8 Å². The van der Waals surface area contributed by atoms with Crippen LogP contribution in [0.4, 0.5) is 42.9 Å². The van der Waals surface area contributed by atoms with Gasteiger partial charge < -0.3 is 19.7 Å². The lowest BCUT2D eigenvalue weighted by molar-refractivity contribution is -0.141. The van der Waals surface area contributed by atoms with Crippen molar-refractivity contribution in [3.8, 4) is 0 Å². The Morgan fingerprint density at radius 2 is 1.31 bits per heavy atom. The lowest BCUT2D eigenvalue weighted by atomic mass is 10.0. The number of aryl methyl sites for hydroxylation is 2. The molecule has 1 heterocycles. The quantitative estimate of drug-likeness (QED) is 0.0681. The van der Waals surface area contributed by atoms with Crippen molar-refractivity contribution in [2.24, 2.45) is 4.99 Å². The Labute approximate surface area is 371 Å². The van der Waals surface area contributed by atoms with Gasteiger partial charge >= 0.3 is 11.9 Å². The van der Waals surface area contributed by atoms with Gasteiger partial charge in [-0.05, 0) is 124 Å². The molecule has 1 aliphatic heterocycles. The molecule has 1 aliphatic rings. The number of ether oxygens (including phenoxy) is 2. The Bertz CT molecular complexity index is 2500. The number of thiocarbonyl (C=S) groups is 2. The molecule has 0 saturated carbocycles. The maximum Gasteiger partial charge on any atom is 0.305 e. The Morgan fingerprint density at radius 3 is 1.77 bits per heavy atom. The summed E-state index contributed by atoms with van der Waals surface area (Å²) in [5, 5.41) is 5.36. The van der Waals surface area contributed by atoms with E-state index in [0.717, 1.165) is 16.8 Å². The first-order chi connectivity index (χ1) is 29.3. The van der Waals surface area contributed by atoms with Crippen molar-refractivity contribution in [3.05, 3.63) is 141 Å². The van der Waals surface area contributed by atoms with Crippen LogP contribution in [0.5, 0.6) is 0 Å². The third-order valence-corrected chi connectivity index (χ3v) is 10.0. The summed E-state index contributed by atoms with van der Waals surface area (Å²) >= 11 is 9.95. The first-order valence-electron chi connectivity index (χ1n) is 18.9. The van der Waals surface area contributed by atoms with Crippen LogP contribution in [-0.2, 0) is 36.7 Å². The van der Waals surface area contributed by atoms with Crippen LogP contribution in [-0.4, -0.2) is 53.5 Å². The maximum absolute atomic E-state index is 15.0. The number of aliphatic imine (C=N–C) groups is 1. The standard InChI is InChI=1S/C23H22FN3O3S.C14H18N2O2.C9H5FN2S/c1-14-17(25-4)11-12-18(20(14)24)26-21(29)23(2,3)27(22(26)31)16-9-6-15(7-10-16)8-13-19(28)30-5;1-14(2,15-3)16-12-8-5-11(6-9-12)7-10-13(17)18-4;1-6-7(11-2)3-4-8(9(6)10)12-5-13/h6-7,9-12H,8,13H2,1-3,5H3;5-6,8-9,16H,7,10H2,1-2,4H3;3-4H,1H3. The second-order valence-corrected chi connectivity index (χ2v) is 15.2. The number of isothiocyanates is 1. The predicted octanol–water partition coefficient (Wildman–Crippen LogP) is 11.0. The number of amides is 1. The summed E-state index contributed by atoms with van der Waals surface area (Å²) in [6.45, 7) is 31.1. The highest BCUT2D eigenvalue weighted by Crippen LogP contribution is 2.39. The van der Waals surface area contributed by atoms with E-state index < -0.39 is 22.8 Å². The lowest BCUT2D eigenvalue weighted by Crippen LogP contribution is -2.44. The van der Waals surface area contributed by atoms with Gasteiger partial charge in [-0.1, -0.05) is 36.4 Å². The molecule has 0 spiro atoms. The van der Waals surface area contributed by atoms with Crippen molar-refractivity contribution in [2.45, 2.75) is 78.4 Å². The molecule has 4 aromatic carbocycles. The van der Waals surface area contributed by atoms with E-state index in [4.69, 9.17) is 31.9 Å². The molecule has 12 nitrogen and oxygen atoms in total. The molecule has 0 unspecified atom stereocenters. The Hall–Kier alpha value is -6.89. The topological polar surface area (TPSA) is 114 Å². The Morgan fingerprint density at radius 1 is 0.823 bits per heavy atom. The van der Waals surface area contributed by atoms with Gasteiger partial charge in [-0.15, -0.1) is 0 Å². The number of carbonyl (C=O) groups is 3. The molecule has 5 rings (SSSR count). The van der Waals surface area contributed by atoms with E-state index in [1.807, 2.05) is 62.4 Å². The third kappa shape index (κ3) is 12.3. The van der Waals surface area contributed by atoms with E-state index in [1.54, 1.807) is 18.7 Å². The van der Waals surface area contributed by atoms with E-state index >= 15 is 4.39 Å². The number of hydrogen-bond acceptors (Lipinski definition) is 9. The minimum atomic E-state index is -1.04. The summed E-state index contributed by atoms with van der Waals surface area (Å²) < 4.78 is 37.6. The summed E-state index contributed by atoms with van der Waals surface area (Å²) in [5.74, 6) is -1.99. The summed E-state index contributed by atoms with van der Waals surface area (Å²) in [4.78, 5) is 51.9. The van der Waals surface area contributed by atoms with Crippen LogP contribution in [0.1, 0.15) is 62.8 Å². The highest BCUT2D eigenvalue weighted by Gasteiger charge is 2.51. The number of halogens is 2. The number of anilines is 3. The van der Waals surface area contributed by atoms with E-state index in [-0.39, 0.29) is 52.0 Å². The van der Waals surface area contributed by atoms with Crippen LogP contribution in [0.25, 0.3) is 14.5 Å². The molecule has 62 heavy (non-hydrogen) atoms. The number of methoxy groups -OCH3 is 2. The minimum Gasteiger partial charge on any atom is -0.469 e. The van der Waals surface area contributed by atoms with Gasteiger partial charge in [-0.2, -0.15) is 4.99 Å². The molecule has 1 N–H and O–H groups in total. The number of rotatable bonds is 11. The van der Waals surface area contributed by atoms with Crippen LogP contribution in [0.2, 0.25) is 0 Å². The average Bonchev–Trinajstić information content (AvgIpc) is 3.44. The van der Waals surface area contributed by atoms with Crippen molar-refractivity contribution >= 4 is 86.7 Å². The number of nitrogens with zero attached hydrogens (tertiary/aromatic N) is 6. The van der Waals surface area contributed by atoms with Crippen LogP contribution >= 0.6 is 24.4 Å². The normalized spacial score (nSPS) is 12.5. The minimum absolute atomic E-state index is 0.0326. The van der Waals surface area contributed by atoms with Crippen molar-refractivity contribution in [1.29, 1.82) is 0 Å². The summed E-state index contributed by atoms with van der Waals surface area (Å²) in [6, 6.07) is 20.9. The molecule has 0 atom stereocenters. The second-order valence-electron chi connectivity index (χ2n) is 14.6. The van der Waals surface area contributed by atoms with Gasteiger partial charge in [-0.25, -0.2) is 25.0 Å². The second kappa shape index (κ2) is 22.1. The molecular weight excluding hydrogens is 833 g/mol. The molecule has 1 saturated heterocycles. The molecule has 0 radical (unpaired) electrons. The van der Waals surface area contributed by atoms with E-state index in [2.05, 4.69) is 51.7 Å². The zero-order chi connectivity index (χ0) is 46.4.